The smallest absolute Gasteiger partial charge is 0.214 e. The summed E-state index contributed by atoms with van der Waals surface area (Å²) in [6, 6.07) is 10.6. The van der Waals surface area contributed by atoms with E-state index < -0.39 is 10.2 Å². The van der Waals surface area contributed by atoms with Gasteiger partial charge in [-0.3, -0.25) is 0 Å². The molecule has 7 heteroatoms. The summed E-state index contributed by atoms with van der Waals surface area (Å²) in [6.07, 6.45) is 1.15. The number of hydrogen-bond donors (Lipinski definition) is 0. The van der Waals surface area contributed by atoms with E-state index in [2.05, 4.69) is 54.1 Å². The Morgan fingerprint density at radius 3 is 2.00 bits per heavy atom. The summed E-state index contributed by atoms with van der Waals surface area (Å²) < 4.78 is 36.2. The quantitative estimate of drug-likeness (QED) is 0.498. The van der Waals surface area contributed by atoms with E-state index in [1.54, 1.807) is 0 Å². The number of benzene rings is 1. The Kier molecular flexibility index (Phi) is 5.06. The highest BCUT2D eigenvalue weighted by atomic mass is 35.7. The molecule has 2 rings (SSSR count). The van der Waals surface area contributed by atoms with Crippen molar-refractivity contribution in [3.8, 4) is 0 Å². The Labute approximate surface area is 108 Å². The largest absolute Gasteiger partial charge is 0.222 e. The number of hydrazone groups is 1. The minimum absolute atomic E-state index is 1.13. The Morgan fingerprint density at radius 1 is 1.11 bits per heavy atom. The summed E-state index contributed by atoms with van der Waals surface area (Å²) >= 11 is 0. The molecule has 1 heterocycles. The molecule has 0 saturated carbocycles. The third-order valence-corrected chi connectivity index (χ3v) is 2.68. The number of hydrazine groups is 1. The van der Waals surface area contributed by atoms with Crippen LogP contribution < -0.4 is 18.6 Å². The third kappa shape index (κ3) is 4.99. The second kappa shape index (κ2) is 6.12. The van der Waals surface area contributed by atoms with Crippen LogP contribution in [0.4, 0.5) is 0 Å². The van der Waals surface area contributed by atoms with Crippen LogP contribution in [0.25, 0.3) is 0 Å². The zero-order valence-corrected chi connectivity index (χ0v) is 11.0. The highest BCUT2D eigenvalue weighted by molar-refractivity contribution is 5.97. The molecule has 0 spiro atoms. The molecule has 0 bridgehead atoms. The molecule has 0 atom stereocenters. The standard InChI is InChI=1S/C11H15N2.ClHO4/c1-12-9-8-11(13(12)2)10-6-4-3-5-7-10;2-1(3,4)5/h3-7H,8-9H2,1-2H3;(H,2,3,4,5)/q+1;/p-1. The summed E-state index contributed by atoms with van der Waals surface area (Å²) in [5.41, 5.74) is 2.76. The van der Waals surface area contributed by atoms with Crippen molar-refractivity contribution in [2.75, 3.05) is 20.6 Å². The molecule has 1 aromatic carbocycles. The molecular formula is C11H15ClN2O4. The van der Waals surface area contributed by atoms with Crippen LogP contribution in [0.1, 0.15) is 12.0 Å². The van der Waals surface area contributed by atoms with Crippen LogP contribution in [0.3, 0.4) is 0 Å². The van der Waals surface area contributed by atoms with E-state index >= 15 is 0 Å². The number of hydrogen-bond acceptors (Lipinski definition) is 5. The Hall–Kier alpha value is -1.18. The van der Waals surface area contributed by atoms with E-state index in [-0.39, 0.29) is 0 Å². The monoisotopic (exact) mass is 274 g/mol. The highest BCUT2D eigenvalue weighted by Crippen LogP contribution is 2.10. The molecule has 0 fully saturated rings. The molecule has 0 saturated heterocycles. The molecule has 1 aromatic rings. The Bertz CT molecular complexity index is 411. The van der Waals surface area contributed by atoms with Gasteiger partial charge < -0.3 is 0 Å². The maximum atomic E-state index is 8.49. The molecule has 100 valence electrons. The van der Waals surface area contributed by atoms with Gasteiger partial charge in [0.2, 0.25) is 5.71 Å². The topological polar surface area (TPSA) is 98.5 Å². The van der Waals surface area contributed by atoms with Crippen molar-refractivity contribution in [3.63, 3.8) is 0 Å². The third-order valence-electron chi connectivity index (χ3n) is 2.68. The van der Waals surface area contributed by atoms with Crippen molar-refractivity contribution in [3.05, 3.63) is 35.9 Å². The molecule has 0 aromatic heterocycles. The lowest BCUT2D eigenvalue weighted by Gasteiger charge is -2.17. The first-order valence-corrected chi connectivity index (χ1v) is 6.50. The zero-order chi connectivity index (χ0) is 13.8. The van der Waals surface area contributed by atoms with Crippen molar-refractivity contribution in [1.29, 1.82) is 0 Å². The number of nitrogens with zero attached hydrogens (tertiary/aromatic N) is 2. The molecule has 6 nitrogen and oxygen atoms in total. The van der Waals surface area contributed by atoms with Crippen molar-refractivity contribution < 1.29 is 33.6 Å². The predicted octanol–water partition coefficient (Wildman–Crippen LogP) is -3.39. The molecule has 0 radical (unpaired) electrons. The van der Waals surface area contributed by atoms with Crippen molar-refractivity contribution in [1.82, 2.24) is 5.01 Å². The zero-order valence-electron chi connectivity index (χ0n) is 10.2. The van der Waals surface area contributed by atoms with Crippen LogP contribution in [0, 0.1) is 10.2 Å². The molecule has 0 unspecified atom stereocenters. The van der Waals surface area contributed by atoms with E-state index in [4.69, 9.17) is 18.6 Å². The molecule has 18 heavy (non-hydrogen) atoms. The van der Waals surface area contributed by atoms with Gasteiger partial charge in [0.05, 0.1) is 20.0 Å². The van der Waals surface area contributed by atoms with Crippen LogP contribution in [0.2, 0.25) is 0 Å². The van der Waals surface area contributed by atoms with Crippen LogP contribution in [0.5, 0.6) is 0 Å². The lowest BCUT2D eigenvalue weighted by molar-refractivity contribution is -2.00. The lowest BCUT2D eigenvalue weighted by Crippen LogP contribution is -2.68. The van der Waals surface area contributed by atoms with Gasteiger partial charge in [-0.25, -0.2) is 18.6 Å². The summed E-state index contributed by atoms with van der Waals surface area (Å²) in [4.78, 5) is 0. The van der Waals surface area contributed by atoms with E-state index in [1.807, 2.05) is 0 Å². The Balaban J connectivity index is 0.000000280. The van der Waals surface area contributed by atoms with Crippen LogP contribution in [-0.2, 0) is 0 Å². The molecular weight excluding hydrogens is 260 g/mol. The van der Waals surface area contributed by atoms with E-state index in [0.29, 0.717) is 0 Å². The first-order valence-electron chi connectivity index (χ1n) is 5.27. The van der Waals surface area contributed by atoms with Gasteiger partial charge >= 0.3 is 0 Å². The first kappa shape index (κ1) is 14.9. The maximum absolute atomic E-state index is 8.49. The van der Waals surface area contributed by atoms with E-state index in [9.17, 15) is 0 Å². The van der Waals surface area contributed by atoms with Gasteiger partial charge in [0.1, 0.15) is 0 Å². The van der Waals surface area contributed by atoms with Crippen molar-refractivity contribution >= 4 is 5.71 Å². The van der Waals surface area contributed by atoms with E-state index in [0.717, 1.165) is 13.0 Å². The fourth-order valence-corrected chi connectivity index (χ4v) is 1.75. The first-order chi connectivity index (χ1) is 8.29. The van der Waals surface area contributed by atoms with Gasteiger partial charge in [-0.15, -0.1) is 14.9 Å². The minimum Gasteiger partial charge on any atom is -0.222 e. The molecule has 1 aliphatic rings. The fraction of sp³-hybridized carbons (Fsp3) is 0.364. The lowest BCUT2D eigenvalue weighted by atomic mass is 10.1. The number of rotatable bonds is 1. The second-order valence-corrected chi connectivity index (χ2v) is 4.60. The van der Waals surface area contributed by atoms with Crippen molar-refractivity contribution in [2.45, 2.75) is 6.42 Å². The predicted molar refractivity (Wildman–Crippen MR) is 54.0 cm³/mol. The van der Waals surface area contributed by atoms with Crippen LogP contribution in [0.15, 0.2) is 30.3 Å². The summed E-state index contributed by atoms with van der Waals surface area (Å²) in [5, 5.41) is 2.24. The minimum atomic E-state index is -4.94. The summed E-state index contributed by atoms with van der Waals surface area (Å²) in [7, 11) is -0.703. The fourth-order valence-electron chi connectivity index (χ4n) is 1.75. The second-order valence-electron chi connectivity index (χ2n) is 3.85. The van der Waals surface area contributed by atoms with Crippen LogP contribution in [-0.4, -0.2) is 36.0 Å². The van der Waals surface area contributed by atoms with Gasteiger partial charge in [-0.05, 0) is 12.1 Å². The molecule has 0 amide bonds. The van der Waals surface area contributed by atoms with Crippen molar-refractivity contribution in [2.24, 2.45) is 0 Å². The average molecular weight is 275 g/mol. The van der Waals surface area contributed by atoms with Gasteiger partial charge in [-0.2, -0.15) is 5.01 Å². The number of halogens is 1. The van der Waals surface area contributed by atoms with E-state index in [1.165, 1.54) is 11.3 Å². The summed E-state index contributed by atoms with van der Waals surface area (Å²) in [6.45, 7) is 1.13. The van der Waals surface area contributed by atoms with Crippen LogP contribution >= 0.6 is 0 Å². The molecule has 1 aliphatic heterocycles. The van der Waals surface area contributed by atoms with Gasteiger partial charge in [-0.1, -0.05) is 18.2 Å². The van der Waals surface area contributed by atoms with Gasteiger partial charge in [0.25, 0.3) is 0 Å². The molecule has 0 N–H and O–H groups in total. The average Bonchev–Trinajstić information content (AvgIpc) is 2.59. The molecule has 0 aliphatic carbocycles. The van der Waals surface area contributed by atoms with Gasteiger partial charge in [0, 0.05) is 5.56 Å². The van der Waals surface area contributed by atoms with Gasteiger partial charge in [0.15, 0.2) is 7.05 Å². The normalized spacial score (nSPS) is 15.6. The highest BCUT2D eigenvalue weighted by Gasteiger charge is 2.24. The Morgan fingerprint density at radius 2 is 1.61 bits per heavy atom. The SMILES string of the molecule is CN1CCC(c2ccccc2)=[N+]1C.[O-][Cl+3]([O-])([O-])[O-]. The maximum Gasteiger partial charge on any atom is 0.214 e. The summed E-state index contributed by atoms with van der Waals surface area (Å²) in [5.74, 6) is 0.